The van der Waals surface area contributed by atoms with Crippen molar-refractivity contribution in [3.63, 3.8) is 0 Å². The summed E-state index contributed by atoms with van der Waals surface area (Å²) < 4.78 is 18.4. The van der Waals surface area contributed by atoms with Crippen molar-refractivity contribution in [1.82, 2.24) is 10.3 Å². The Morgan fingerprint density at radius 3 is 2.95 bits per heavy atom. The van der Waals surface area contributed by atoms with Gasteiger partial charge in [-0.1, -0.05) is 0 Å². The molecule has 1 heterocycles. The average molecular weight is 310 g/mol. The first-order chi connectivity index (χ1) is 10.0. The molecule has 0 spiro atoms. The number of halogens is 1. The van der Waals surface area contributed by atoms with Gasteiger partial charge in [0, 0.05) is 17.5 Å². The molecular weight excluding hydrogens is 295 g/mol. The molecule has 7 heteroatoms. The molecule has 0 amide bonds. The van der Waals surface area contributed by atoms with E-state index >= 15 is 0 Å². The quantitative estimate of drug-likeness (QED) is 0.858. The van der Waals surface area contributed by atoms with E-state index in [4.69, 9.17) is 9.84 Å². The highest BCUT2D eigenvalue weighted by molar-refractivity contribution is 7.09. The standard InChI is InChI=1S/C14H15FN2O3S/c1-8(13-17-11(7-21-13)14(18)19)16-6-9-5-10(15)3-4-12(9)20-2/h3-5,7-8,16H,6H2,1-2H3,(H,18,19). The largest absolute Gasteiger partial charge is 0.496 e. The van der Waals surface area contributed by atoms with Gasteiger partial charge in [0.2, 0.25) is 0 Å². The molecule has 0 fully saturated rings. The van der Waals surface area contributed by atoms with E-state index in [-0.39, 0.29) is 17.6 Å². The second kappa shape index (κ2) is 6.64. The summed E-state index contributed by atoms with van der Waals surface area (Å²) in [6, 6.07) is 4.17. The number of benzene rings is 1. The van der Waals surface area contributed by atoms with E-state index in [0.29, 0.717) is 22.9 Å². The van der Waals surface area contributed by atoms with Gasteiger partial charge in [-0.15, -0.1) is 11.3 Å². The smallest absolute Gasteiger partial charge is 0.355 e. The molecule has 0 bridgehead atoms. The van der Waals surface area contributed by atoms with Crippen molar-refractivity contribution in [2.75, 3.05) is 7.11 Å². The number of aromatic carboxylic acids is 1. The molecule has 2 N–H and O–H groups in total. The molecule has 21 heavy (non-hydrogen) atoms. The molecule has 0 aliphatic rings. The molecule has 0 aliphatic heterocycles. The van der Waals surface area contributed by atoms with E-state index in [0.717, 1.165) is 0 Å². The molecule has 1 aromatic carbocycles. The van der Waals surface area contributed by atoms with E-state index in [1.807, 2.05) is 6.92 Å². The van der Waals surface area contributed by atoms with Crippen LogP contribution in [-0.4, -0.2) is 23.2 Å². The lowest BCUT2D eigenvalue weighted by Crippen LogP contribution is -2.18. The molecule has 1 unspecified atom stereocenters. The summed E-state index contributed by atoms with van der Waals surface area (Å²) in [4.78, 5) is 14.8. The lowest BCUT2D eigenvalue weighted by Gasteiger charge is -2.13. The van der Waals surface area contributed by atoms with Gasteiger partial charge in [-0.3, -0.25) is 0 Å². The Morgan fingerprint density at radius 1 is 1.57 bits per heavy atom. The Kier molecular flexibility index (Phi) is 4.87. The number of rotatable bonds is 6. The number of hydrogen-bond acceptors (Lipinski definition) is 5. The summed E-state index contributed by atoms with van der Waals surface area (Å²) in [5.74, 6) is -0.777. The maximum Gasteiger partial charge on any atom is 0.355 e. The first-order valence-electron chi connectivity index (χ1n) is 6.25. The molecule has 5 nitrogen and oxygen atoms in total. The van der Waals surface area contributed by atoms with Crippen molar-refractivity contribution in [2.24, 2.45) is 0 Å². The van der Waals surface area contributed by atoms with Crippen LogP contribution in [0.2, 0.25) is 0 Å². The normalized spacial score (nSPS) is 12.1. The van der Waals surface area contributed by atoms with Crippen molar-refractivity contribution in [3.8, 4) is 5.75 Å². The van der Waals surface area contributed by atoms with Crippen LogP contribution in [0.15, 0.2) is 23.6 Å². The number of thiazole rings is 1. The maximum atomic E-state index is 13.3. The van der Waals surface area contributed by atoms with E-state index in [1.54, 1.807) is 6.07 Å². The number of carbonyl (C=O) groups is 1. The minimum Gasteiger partial charge on any atom is -0.496 e. The fraction of sp³-hybridized carbons (Fsp3) is 0.286. The van der Waals surface area contributed by atoms with Gasteiger partial charge in [-0.05, 0) is 25.1 Å². The topological polar surface area (TPSA) is 71.5 Å². The first-order valence-corrected chi connectivity index (χ1v) is 7.13. The Morgan fingerprint density at radius 2 is 2.33 bits per heavy atom. The van der Waals surface area contributed by atoms with Crippen molar-refractivity contribution in [1.29, 1.82) is 0 Å². The molecule has 1 aromatic heterocycles. The molecule has 0 radical (unpaired) electrons. The average Bonchev–Trinajstić information content (AvgIpc) is 2.95. The van der Waals surface area contributed by atoms with E-state index in [1.165, 1.54) is 36.0 Å². The zero-order chi connectivity index (χ0) is 15.4. The zero-order valence-corrected chi connectivity index (χ0v) is 12.4. The third-order valence-corrected chi connectivity index (χ3v) is 3.98. The van der Waals surface area contributed by atoms with Gasteiger partial charge in [0.25, 0.3) is 0 Å². The summed E-state index contributed by atoms with van der Waals surface area (Å²) in [6.45, 7) is 2.26. The number of aromatic nitrogens is 1. The third kappa shape index (κ3) is 3.77. The highest BCUT2D eigenvalue weighted by Gasteiger charge is 2.14. The van der Waals surface area contributed by atoms with Crippen LogP contribution in [-0.2, 0) is 6.54 Å². The van der Waals surface area contributed by atoms with Crippen molar-refractivity contribution in [3.05, 3.63) is 45.7 Å². The fourth-order valence-electron chi connectivity index (χ4n) is 1.82. The lowest BCUT2D eigenvalue weighted by atomic mass is 10.2. The van der Waals surface area contributed by atoms with Crippen LogP contribution < -0.4 is 10.1 Å². The predicted octanol–water partition coefficient (Wildman–Crippen LogP) is 2.84. The number of carboxylic acid groups (broad SMARTS) is 1. The van der Waals surface area contributed by atoms with Gasteiger partial charge in [-0.2, -0.15) is 0 Å². The Bertz CT molecular complexity index is 645. The third-order valence-electron chi connectivity index (χ3n) is 2.95. The van der Waals surface area contributed by atoms with Crippen LogP contribution in [0.25, 0.3) is 0 Å². The van der Waals surface area contributed by atoms with Gasteiger partial charge in [0.15, 0.2) is 5.69 Å². The number of hydrogen-bond donors (Lipinski definition) is 2. The number of methoxy groups -OCH3 is 1. The number of nitrogens with one attached hydrogen (secondary N) is 1. The van der Waals surface area contributed by atoms with Gasteiger partial charge >= 0.3 is 5.97 Å². The highest BCUT2D eigenvalue weighted by Crippen LogP contribution is 2.22. The van der Waals surface area contributed by atoms with Crippen molar-refractivity contribution in [2.45, 2.75) is 19.5 Å². The van der Waals surface area contributed by atoms with Gasteiger partial charge < -0.3 is 15.2 Å². The van der Waals surface area contributed by atoms with Crippen LogP contribution in [0.4, 0.5) is 4.39 Å². The maximum absolute atomic E-state index is 13.3. The van der Waals surface area contributed by atoms with Gasteiger partial charge in [0.05, 0.1) is 13.2 Å². The first kappa shape index (κ1) is 15.4. The number of nitrogens with zero attached hydrogens (tertiary/aromatic N) is 1. The molecule has 1 atom stereocenters. The molecule has 0 saturated heterocycles. The second-order valence-electron chi connectivity index (χ2n) is 4.43. The minimum atomic E-state index is -1.04. The van der Waals surface area contributed by atoms with E-state index < -0.39 is 5.97 Å². The summed E-state index contributed by atoms with van der Waals surface area (Å²) in [5, 5.41) is 14.2. The monoisotopic (exact) mass is 310 g/mol. The van der Waals surface area contributed by atoms with Crippen LogP contribution in [0.5, 0.6) is 5.75 Å². The summed E-state index contributed by atoms with van der Waals surface area (Å²) in [6.07, 6.45) is 0. The van der Waals surface area contributed by atoms with E-state index in [2.05, 4.69) is 10.3 Å². The Labute approximate surface area is 125 Å². The van der Waals surface area contributed by atoms with E-state index in [9.17, 15) is 9.18 Å². The predicted molar refractivity (Wildman–Crippen MR) is 77.3 cm³/mol. The summed E-state index contributed by atoms with van der Waals surface area (Å²) in [7, 11) is 1.53. The highest BCUT2D eigenvalue weighted by atomic mass is 32.1. The lowest BCUT2D eigenvalue weighted by molar-refractivity contribution is 0.0691. The Balaban J connectivity index is 2.05. The van der Waals surface area contributed by atoms with Crippen molar-refractivity contribution >= 4 is 17.3 Å². The molecule has 0 saturated carbocycles. The SMILES string of the molecule is COc1ccc(F)cc1CNC(C)c1nc(C(=O)O)cs1. The molecule has 2 rings (SSSR count). The Hall–Kier alpha value is -1.99. The van der Waals surface area contributed by atoms with Crippen LogP contribution in [0.1, 0.15) is 34.0 Å². The number of ether oxygens (including phenoxy) is 1. The van der Waals surface area contributed by atoms with Crippen LogP contribution in [0, 0.1) is 5.82 Å². The van der Waals surface area contributed by atoms with Crippen LogP contribution in [0.3, 0.4) is 0 Å². The molecule has 112 valence electrons. The zero-order valence-electron chi connectivity index (χ0n) is 11.6. The minimum absolute atomic E-state index is 0.0342. The fourth-order valence-corrected chi connectivity index (χ4v) is 2.64. The summed E-state index contributed by atoms with van der Waals surface area (Å²) in [5.41, 5.74) is 0.728. The van der Waals surface area contributed by atoms with Crippen molar-refractivity contribution < 1.29 is 19.0 Å². The molecule has 2 aromatic rings. The van der Waals surface area contributed by atoms with Gasteiger partial charge in [0.1, 0.15) is 16.6 Å². The second-order valence-corrected chi connectivity index (χ2v) is 5.32. The summed E-state index contributed by atoms with van der Waals surface area (Å²) >= 11 is 1.27. The van der Waals surface area contributed by atoms with Crippen LogP contribution >= 0.6 is 11.3 Å². The number of carboxylic acids is 1. The van der Waals surface area contributed by atoms with Gasteiger partial charge in [-0.25, -0.2) is 14.2 Å². The molecule has 0 aliphatic carbocycles. The molecular formula is C14H15FN2O3S.